The molecule has 0 aliphatic heterocycles. The second-order valence-electron chi connectivity index (χ2n) is 4.68. The lowest BCUT2D eigenvalue weighted by molar-refractivity contribution is 0.940. The first kappa shape index (κ1) is 12.7. The van der Waals surface area contributed by atoms with Crippen LogP contribution in [-0.2, 0) is 0 Å². The molecule has 0 amide bonds. The van der Waals surface area contributed by atoms with Crippen LogP contribution in [0.5, 0.6) is 0 Å². The predicted molar refractivity (Wildman–Crippen MR) is 84.0 cm³/mol. The molecule has 0 saturated heterocycles. The predicted octanol–water partition coefficient (Wildman–Crippen LogP) is 3.50. The fraction of sp³-hybridized carbons (Fsp3) is 0.143. The summed E-state index contributed by atoms with van der Waals surface area (Å²) in [5.41, 5.74) is 2.87. The highest BCUT2D eigenvalue weighted by Crippen LogP contribution is 2.34. The molecule has 0 unspecified atom stereocenters. The Morgan fingerprint density at radius 2 is 2.00 bits per heavy atom. The number of aryl methyl sites for hydroxylation is 2. The van der Waals surface area contributed by atoms with Crippen molar-refractivity contribution in [1.82, 2.24) is 24.8 Å². The Hall–Kier alpha value is -1.99. The highest BCUT2D eigenvalue weighted by Gasteiger charge is 2.12. The van der Waals surface area contributed by atoms with Gasteiger partial charge in [0.2, 0.25) is 0 Å². The average Bonchev–Trinajstić information content (AvgIpc) is 3.04. The van der Waals surface area contributed by atoms with E-state index in [1.165, 1.54) is 0 Å². The number of rotatable bonds is 2. The molecule has 4 rings (SSSR count). The molecule has 0 saturated carbocycles. The molecule has 0 aliphatic carbocycles. The number of hydrogen-bond donors (Lipinski definition) is 0. The van der Waals surface area contributed by atoms with Crippen molar-refractivity contribution in [2.45, 2.75) is 23.2 Å². The Kier molecular flexibility index (Phi) is 2.90. The van der Waals surface area contributed by atoms with Crippen LogP contribution in [0.15, 0.2) is 39.7 Å². The van der Waals surface area contributed by atoms with E-state index in [0.29, 0.717) is 0 Å². The van der Waals surface area contributed by atoms with Gasteiger partial charge in [-0.05, 0) is 31.7 Å². The maximum absolute atomic E-state index is 4.73. The fourth-order valence-electron chi connectivity index (χ4n) is 2.23. The van der Waals surface area contributed by atoms with Crippen molar-refractivity contribution in [3.63, 3.8) is 0 Å². The van der Waals surface area contributed by atoms with Gasteiger partial charge in [-0.15, -0.1) is 10.2 Å². The topological polar surface area (TPSA) is 56.0 Å². The van der Waals surface area contributed by atoms with Crippen molar-refractivity contribution in [2.24, 2.45) is 0 Å². The van der Waals surface area contributed by atoms with Gasteiger partial charge in [-0.25, -0.2) is 9.50 Å². The zero-order valence-electron chi connectivity index (χ0n) is 11.4. The van der Waals surface area contributed by atoms with E-state index in [-0.39, 0.29) is 0 Å². The lowest BCUT2D eigenvalue weighted by Gasteiger charge is -2.05. The minimum Gasteiger partial charge on any atom is -0.221 e. The third-order valence-electron chi connectivity index (χ3n) is 3.08. The second kappa shape index (κ2) is 4.78. The van der Waals surface area contributed by atoms with Crippen LogP contribution in [0.25, 0.3) is 16.6 Å². The molecule has 5 nitrogen and oxygen atoms in total. The van der Waals surface area contributed by atoms with Gasteiger partial charge in [0, 0.05) is 11.5 Å². The van der Waals surface area contributed by atoms with Gasteiger partial charge in [0.15, 0.2) is 9.99 Å². The summed E-state index contributed by atoms with van der Waals surface area (Å²) in [5, 5.41) is 15.7. The molecule has 0 atom stereocenters. The number of nitrogens with zero attached hydrogens (tertiary/aromatic N) is 5. The molecular formula is C14H11N5S2. The van der Waals surface area contributed by atoms with Crippen LogP contribution >= 0.6 is 23.1 Å². The van der Waals surface area contributed by atoms with Gasteiger partial charge in [-0.1, -0.05) is 29.5 Å². The van der Waals surface area contributed by atoms with Crippen molar-refractivity contribution in [3.8, 4) is 0 Å². The largest absolute Gasteiger partial charge is 0.221 e. The maximum atomic E-state index is 4.73. The monoisotopic (exact) mass is 313 g/mol. The van der Waals surface area contributed by atoms with Gasteiger partial charge in [0.25, 0.3) is 0 Å². The molecule has 0 radical (unpaired) electrons. The van der Waals surface area contributed by atoms with E-state index in [0.717, 1.165) is 36.6 Å². The summed E-state index contributed by atoms with van der Waals surface area (Å²) in [6.45, 7) is 3.93. The summed E-state index contributed by atoms with van der Waals surface area (Å²) in [5.74, 6) is 0. The quantitative estimate of drug-likeness (QED) is 0.530. The molecule has 7 heteroatoms. The Balaban J connectivity index is 1.97. The smallest absolute Gasteiger partial charge is 0.180 e. The third-order valence-corrected chi connectivity index (χ3v) is 4.98. The summed E-state index contributed by atoms with van der Waals surface area (Å²) in [7, 11) is 0. The molecule has 4 aromatic rings. The lowest BCUT2D eigenvalue weighted by Crippen LogP contribution is -1.95. The van der Waals surface area contributed by atoms with Crippen LogP contribution in [0.1, 0.15) is 10.7 Å². The summed E-state index contributed by atoms with van der Waals surface area (Å²) in [4.78, 5) is 4.73. The number of benzene rings is 1. The van der Waals surface area contributed by atoms with Crippen LogP contribution < -0.4 is 0 Å². The third kappa shape index (κ3) is 2.18. The van der Waals surface area contributed by atoms with Crippen molar-refractivity contribution < 1.29 is 0 Å². The molecule has 0 N–H and O–H groups in total. The Labute approximate surface area is 129 Å². The van der Waals surface area contributed by atoms with E-state index in [1.54, 1.807) is 23.1 Å². The second-order valence-corrected chi connectivity index (χ2v) is 7.10. The van der Waals surface area contributed by atoms with Gasteiger partial charge >= 0.3 is 0 Å². The van der Waals surface area contributed by atoms with Gasteiger partial charge in [-0.2, -0.15) is 5.10 Å². The highest BCUT2D eigenvalue weighted by atomic mass is 32.2. The van der Waals surface area contributed by atoms with Crippen molar-refractivity contribution in [2.75, 3.05) is 0 Å². The number of para-hydroxylation sites is 1. The number of aromatic nitrogens is 5. The van der Waals surface area contributed by atoms with Crippen LogP contribution in [0, 0.1) is 13.8 Å². The van der Waals surface area contributed by atoms with Crippen LogP contribution in [0.3, 0.4) is 0 Å². The molecule has 3 aromatic heterocycles. The first-order valence-corrected chi connectivity index (χ1v) is 8.07. The summed E-state index contributed by atoms with van der Waals surface area (Å²) in [6, 6.07) is 10.1. The SMILES string of the molecule is Cc1cc2nc(Sc3nnc(C)s3)c3ccccc3n2n1. The van der Waals surface area contributed by atoms with Crippen LogP contribution in [-0.4, -0.2) is 24.8 Å². The molecule has 3 heterocycles. The van der Waals surface area contributed by atoms with E-state index in [4.69, 9.17) is 4.98 Å². The number of hydrogen-bond acceptors (Lipinski definition) is 6. The molecule has 0 aliphatic rings. The lowest BCUT2D eigenvalue weighted by atomic mass is 10.2. The first-order chi connectivity index (χ1) is 10.2. The van der Waals surface area contributed by atoms with E-state index in [2.05, 4.69) is 27.4 Å². The highest BCUT2D eigenvalue weighted by molar-refractivity contribution is 8.01. The Morgan fingerprint density at radius 1 is 1.14 bits per heavy atom. The molecule has 0 bridgehead atoms. The van der Waals surface area contributed by atoms with Gasteiger partial charge in [-0.3, -0.25) is 0 Å². The summed E-state index contributed by atoms with van der Waals surface area (Å²) < 4.78 is 2.80. The Morgan fingerprint density at radius 3 is 2.81 bits per heavy atom. The minimum atomic E-state index is 0.856. The summed E-state index contributed by atoms with van der Waals surface area (Å²) in [6.07, 6.45) is 0. The number of fused-ring (bicyclic) bond motifs is 3. The van der Waals surface area contributed by atoms with Crippen molar-refractivity contribution >= 4 is 39.6 Å². The van der Waals surface area contributed by atoms with Crippen molar-refractivity contribution in [1.29, 1.82) is 0 Å². The molecule has 1 aromatic carbocycles. The molecule has 21 heavy (non-hydrogen) atoms. The van der Waals surface area contributed by atoms with Gasteiger partial charge in [0.05, 0.1) is 11.2 Å². The standard InChI is InChI=1S/C14H11N5S2/c1-8-7-12-15-13(21-14-17-16-9(2)20-14)10-5-3-4-6-11(10)19(12)18-8/h3-7H,1-2H3. The maximum Gasteiger partial charge on any atom is 0.180 e. The molecule has 104 valence electrons. The zero-order valence-corrected chi connectivity index (χ0v) is 13.1. The van der Waals surface area contributed by atoms with E-state index < -0.39 is 0 Å². The van der Waals surface area contributed by atoms with Crippen LogP contribution in [0.4, 0.5) is 0 Å². The molecule has 0 spiro atoms. The summed E-state index contributed by atoms with van der Waals surface area (Å²) >= 11 is 3.13. The van der Waals surface area contributed by atoms with Gasteiger partial charge in [0.1, 0.15) is 10.0 Å². The van der Waals surface area contributed by atoms with E-state index in [1.807, 2.05) is 36.6 Å². The zero-order chi connectivity index (χ0) is 14.4. The van der Waals surface area contributed by atoms with Crippen LogP contribution in [0.2, 0.25) is 0 Å². The van der Waals surface area contributed by atoms with E-state index in [9.17, 15) is 0 Å². The Bertz CT molecular complexity index is 956. The molecule has 0 fully saturated rings. The normalized spacial score (nSPS) is 11.5. The molecular weight excluding hydrogens is 302 g/mol. The van der Waals surface area contributed by atoms with Crippen molar-refractivity contribution in [3.05, 3.63) is 41.0 Å². The van der Waals surface area contributed by atoms with Gasteiger partial charge < -0.3 is 0 Å². The van der Waals surface area contributed by atoms with E-state index >= 15 is 0 Å². The first-order valence-electron chi connectivity index (χ1n) is 6.44. The minimum absolute atomic E-state index is 0.856. The fourth-order valence-corrected chi connectivity index (χ4v) is 4.08. The average molecular weight is 313 g/mol.